The number of ketones is 1. The summed E-state index contributed by atoms with van der Waals surface area (Å²) >= 11 is 0. The maximum Gasteiger partial charge on any atom is 0.337 e. The number of rotatable bonds is 10. The van der Waals surface area contributed by atoms with Gasteiger partial charge in [-0.2, -0.15) is 0 Å². The van der Waals surface area contributed by atoms with Crippen molar-refractivity contribution in [1.29, 1.82) is 0 Å². The van der Waals surface area contributed by atoms with Crippen LogP contribution in [0.5, 0.6) is 0 Å². The van der Waals surface area contributed by atoms with Gasteiger partial charge in [-0.15, -0.1) is 0 Å². The third-order valence-electron chi connectivity index (χ3n) is 3.26. The zero-order valence-electron chi connectivity index (χ0n) is 11.6. The minimum Gasteiger partial charge on any atom is -0.398 e. The maximum atomic E-state index is 11.4. The minimum atomic E-state index is -1.99. The van der Waals surface area contributed by atoms with E-state index in [4.69, 9.17) is 8.85 Å². The summed E-state index contributed by atoms with van der Waals surface area (Å²) in [7, 11) is 1.49. The molecule has 0 bridgehead atoms. The quantitative estimate of drug-likeness (QED) is 0.445. The summed E-state index contributed by atoms with van der Waals surface area (Å²) in [5.41, 5.74) is 0. The van der Waals surface area contributed by atoms with Crippen LogP contribution < -0.4 is 0 Å². The minimum absolute atomic E-state index is 0.0644. The van der Waals surface area contributed by atoms with Gasteiger partial charge in [-0.3, -0.25) is 4.79 Å². The van der Waals surface area contributed by atoms with Crippen molar-refractivity contribution in [2.24, 2.45) is 5.92 Å². The van der Waals surface area contributed by atoms with Crippen molar-refractivity contribution in [2.75, 3.05) is 14.2 Å². The molecule has 0 aromatic rings. The molecule has 3 nitrogen and oxygen atoms in total. The zero-order chi connectivity index (χ0) is 13.3. The Morgan fingerprint density at radius 2 is 1.94 bits per heavy atom. The second-order valence-corrected chi connectivity index (χ2v) is 8.11. The molecule has 0 radical (unpaired) electrons. The van der Waals surface area contributed by atoms with Crippen LogP contribution in [-0.4, -0.2) is 28.6 Å². The first-order chi connectivity index (χ1) is 8.05. The monoisotopic (exact) mass is 258 g/mol. The molecule has 0 aromatic heterocycles. The average molecular weight is 258 g/mol. The summed E-state index contributed by atoms with van der Waals surface area (Å²) in [5.74, 6) is 0.192. The summed E-state index contributed by atoms with van der Waals surface area (Å²) in [4.78, 5) is 11.4. The third kappa shape index (κ3) is 5.61. The number of carbonyl (C=O) groups is 1. The van der Waals surface area contributed by atoms with Gasteiger partial charge < -0.3 is 8.85 Å². The predicted molar refractivity (Wildman–Crippen MR) is 73.3 cm³/mol. The summed E-state index contributed by atoms with van der Waals surface area (Å²) in [6.45, 7) is 7.60. The number of hydrogen-bond donors (Lipinski definition) is 0. The van der Waals surface area contributed by atoms with E-state index in [1.165, 1.54) is 6.08 Å². The highest BCUT2D eigenvalue weighted by atomic mass is 28.4. The highest BCUT2D eigenvalue weighted by molar-refractivity contribution is 6.67. The largest absolute Gasteiger partial charge is 0.398 e. The van der Waals surface area contributed by atoms with Gasteiger partial charge in [0.05, 0.1) is 0 Å². The fourth-order valence-corrected chi connectivity index (χ4v) is 4.76. The van der Waals surface area contributed by atoms with Crippen LogP contribution in [0.2, 0.25) is 12.1 Å². The van der Waals surface area contributed by atoms with Crippen LogP contribution in [-0.2, 0) is 13.6 Å². The van der Waals surface area contributed by atoms with Gasteiger partial charge in [0.2, 0.25) is 0 Å². The van der Waals surface area contributed by atoms with E-state index in [1.807, 2.05) is 6.92 Å². The molecule has 4 heteroatoms. The van der Waals surface area contributed by atoms with Crippen molar-refractivity contribution in [3.05, 3.63) is 12.7 Å². The molecule has 0 rings (SSSR count). The molecule has 0 saturated heterocycles. The lowest BCUT2D eigenvalue weighted by molar-refractivity contribution is -0.117. The van der Waals surface area contributed by atoms with Gasteiger partial charge in [0.25, 0.3) is 0 Å². The molecule has 0 heterocycles. The van der Waals surface area contributed by atoms with Gasteiger partial charge in [0.1, 0.15) is 0 Å². The Labute approximate surface area is 106 Å². The Hall–Kier alpha value is -0.453. The van der Waals surface area contributed by atoms with E-state index in [0.717, 1.165) is 31.4 Å². The molecule has 0 spiro atoms. The number of allylic oxidation sites excluding steroid dienone is 1. The third-order valence-corrected chi connectivity index (χ3v) is 7.12. The van der Waals surface area contributed by atoms with E-state index in [-0.39, 0.29) is 11.7 Å². The SMILES string of the molecule is C=CC(=O)C(C)CCC[Si](CCC)(OC)OC. The molecular formula is C13H26O3Si. The smallest absolute Gasteiger partial charge is 0.337 e. The summed E-state index contributed by atoms with van der Waals surface area (Å²) < 4.78 is 11.2. The van der Waals surface area contributed by atoms with Gasteiger partial charge in [0.15, 0.2) is 5.78 Å². The highest BCUT2D eigenvalue weighted by Gasteiger charge is 2.33. The van der Waals surface area contributed by atoms with Gasteiger partial charge in [0, 0.05) is 20.1 Å². The van der Waals surface area contributed by atoms with Crippen LogP contribution in [0.25, 0.3) is 0 Å². The summed E-state index contributed by atoms with van der Waals surface area (Å²) in [6, 6.07) is 1.98. The van der Waals surface area contributed by atoms with Gasteiger partial charge in [-0.25, -0.2) is 0 Å². The second kappa shape index (κ2) is 8.61. The molecule has 0 aliphatic carbocycles. The van der Waals surface area contributed by atoms with Crippen LogP contribution in [0.1, 0.15) is 33.1 Å². The standard InChI is InChI=1S/C13H26O3Si/c1-6-10-17(15-4,16-5)11-8-9-12(3)13(14)7-2/h7,12H,2,6,8-11H2,1,3-5H3. The predicted octanol–water partition coefficient (Wildman–Crippen LogP) is 3.30. The fraction of sp³-hybridized carbons (Fsp3) is 0.769. The van der Waals surface area contributed by atoms with Crippen LogP contribution in [0.15, 0.2) is 12.7 Å². The molecular weight excluding hydrogens is 232 g/mol. The molecule has 0 saturated carbocycles. The molecule has 17 heavy (non-hydrogen) atoms. The van der Waals surface area contributed by atoms with E-state index >= 15 is 0 Å². The average Bonchev–Trinajstić information content (AvgIpc) is 2.36. The lowest BCUT2D eigenvalue weighted by atomic mass is 10.0. The van der Waals surface area contributed by atoms with Gasteiger partial charge in [-0.1, -0.05) is 33.3 Å². The van der Waals surface area contributed by atoms with Crippen molar-refractivity contribution in [3.8, 4) is 0 Å². The van der Waals surface area contributed by atoms with Crippen LogP contribution in [0, 0.1) is 5.92 Å². The van der Waals surface area contributed by atoms with Crippen molar-refractivity contribution < 1.29 is 13.6 Å². The molecule has 0 aromatic carbocycles. The van der Waals surface area contributed by atoms with E-state index in [1.54, 1.807) is 14.2 Å². The first-order valence-corrected chi connectivity index (χ1v) is 8.54. The molecule has 0 N–H and O–H groups in total. The first kappa shape index (κ1) is 16.5. The molecule has 0 aliphatic heterocycles. The molecule has 1 unspecified atom stereocenters. The highest BCUT2D eigenvalue weighted by Crippen LogP contribution is 2.23. The topological polar surface area (TPSA) is 35.5 Å². The zero-order valence-corrected chi connectivity index (χ0v) is 12.6. The lowest BCUT2D eigenvalue weighted by Crippen LogP contribution is -2.39. The first-order valence-electron chi connectivity index (χ1n) is 6.31. The molecule has 0 fully saturated rings. The Bertz CT molecular complexity index is 237. The van der Waals surface area contributed by atoms with Crippen molar-refractivity contribution in [3.63, 3.8) is 0 Å². The lowest BCUT2D eigenvalue weighted by Gasteiger charge is -2.27. The van der Waals surface area contributed by atoms with Crippen LogP contribution >= 0.6 is 0 Å². The number of carbonyl (C=O) groups excluding carboxylic acids is 1. The van der Waals surface area contributed by atoms with Crippen molar-refractivity contribution in [1.82, 2.24) is 0 Å². The fourth-order valence-electron chi connectivity index (χ4n) is 2.02. The van der Waals surface area contributed by atoms with Crippen molar-refractivity contribution >= 4 is 14.3 Å². The van der Waals surface area contributed by atoms with E-state index in [9.17, 15) is 4.79 Å². The van der Waals surface area contributed by atoms with Gasteiger partial charge >= 0.3 is 8.56 Å². The Morgan fingerprint density at radius 3 is 2.35 bits per heavy atom. The van der Waals surface area contributed by atoms with Crippen LogP contribution in [0.4, 0.5) is 0 Å². The second-order valence-electron chi connectivity index (χ2n) is 4.47. The van der Waals surface area contributed by atoms with Crippen molar-refractivity contribution in [2.45, 2.75) is 45.2 Å². The number of hydrogen-bond acceptors (Lipinski definition) is 3. The molecule has 100 valence electrons. The van der Waals surface area contributed by atoms with E-state index in [2.05, 4.69) is 13.5 Å². The summed E-state index contributed by atoms with van der Waals surface area (Å²) in [5, 5.41) is 0. The van der Waals surface area contributed by atoms with Crippen LogP contribution in [0.3, 0.4) is 0 Å². The molecule has 0 aliphatic rings. The summed E-state index contributed by atoms with van der Waals surface area (Å²) in [6.07, 6.45) is 4.35. The normalized spacial score (nSPS) is 13.4. The molecule has 1 atom stereocenters. The Kier molecular flexibility index (Phi) is 8.38. The van der Waals surface area contributed by atoms with E-state index < -0.39 is 8.56 Å². The Morgan fingerprint density at radius 1 is 1.35 bits per heavy atom. The Balaban J connectivity index is 4.14. The van der Waals surface area contributed by atoms with E-state index in [0.29, 0.717) is 0 Å². The maximum absolute atomic E-state index is 11.4. The molecule has 0 amide bonds. The van der Waals surface area contributed by atoms with Gasteiger partial charge in [-0.05, 0) is 24.6 Å².